The first-order chi connectivity index (χ1) is 8.89. The van der Waals surface area contributed by atoms with Crippen molar-refractivity contribution < 1.29 is 9.31 Å². The number of thiazole rings is 1. The fraction of sp³-hybridized carbons (Fsp3) is 0.462. The lowest BCUT2D eigenvalue weighted by atomic mass is 9.89. The van der Waals surface area contributed by atoms with E-state index in [1.165, 1.54) is 0 Å². The van der Waals surface area contributed by atoms with Gasteiger partial charge in [0.25, 0.3) is 0 Å². The summed E-state index contributed by atoms with van der Waals surface area (Å²) in [5.74, 6) is 0. The lowest BCUT2D eigenvalue weighted by Crippen LogP contribution is -2.41. The number of hydrogen-bond acceptors (Lipinski definition) is 5. The van der Waals surface area contributed by atoms with Crippen molar-refractivity contribution in [1.29, 1.82) is 0 Å². The lowest BCUT2D eigenvalue weighted by molar-refractivity contribution is 0.00578. The molecule has 0 radical (unpaired) electrons. The van der Waals surface area contributed by atoms with E-state index >= 15 is 0 Å². The third kappa shape index (κ3) is 2.27. The third-order valence-electron chi connectivity index (χ3n) is 3.78. The van der Waals surface area contributed by atoms with Crippen LogP contribution in [0.2, 0.25) is 0 Å². The Morgan fingerprint density at radius 1 is 1.16 bits per heavy atom. The minimum atomic E-state index is -0.310. The minimum Gasteiger partial charge on any atom is -0.399 e. The maximum absolute atomic E-state index is 6.03. The van der Waals surface area contributed by atoms with Crippen LogP contribution >= 0.6 is 22.7 Å². The van der Waals surface area contributed by atoms with Gasteiger partial charge in [0.1, 0.15) is 5.01 Å². The maximum atomic E-state index is 6.03. The summed E-state index contributed by atoms with van der Waals surface area (Å²) >= 11 is 3.31. The Balaban J connectivity index is 1.85. The molecule has 0 aliphatic carbocycles. The van der Waals surface area contributed by atoms with Crippen LogP contribution in [0.4, 0.5) is 0 Å². The minimum absolute atomic E-state index is 0.301. The van der Waals surface area contributed by atoms with Gasteiger partial charge < -0.3 is 9.31 Å². The van der Waals surface area contributed by atoms with Crippen molar-refractivity contribution in [2.75, 3.05) is 0 Å². The quantitative estimate of drug-likeness (QED) is 0.797. The van der Waals surface area contributed by atoms with Crippen molar-refractivity contribution in [2.45, 2.75) is 38.9 Å². The van der Waals surface area contributed by atoms with Gasteiger partial charge in [-0.25, -0.2) is 4.98 Å². The monoisotopic (exact) mass is 293 g/mol. The van der Waals surface area contributed by atoms with E-state index in [-0.39, 0.29) is 18.3 Å². The van der Waals surface area contributed by atoms with E-state index < -0.39 is 0 Å². The summed E-state index contributed by atoms with van der Waals surface area (Å²) in [5.41, 5.74) is 0.562. The van der Waals surface area contributed by atoms with Crippen LogP contribution in [0, 0.1) is 0 Å². The number of nitrogens with zero attached hydrogens (tertiary/aromatic N) is 1. The topological polar surface area (TPSA) is 31.4 Å². The van der Waals surface area contributed by atoms with Crippen molar-refractivity contribution in [3.8, 4) is 10.6 Å². The molecule has 1 aliphatic rings. The molecule has 0 amide bonds. The molecule has 0 aromatic carbocycles. The van der Waals surface area contributed by atoms with E-state index in [1.807, 2.05) is 6.20 Å². The van der Waals surface area contributed by atoms with Gasteiger partial charge in [-0.1, -0.05) is 0 Å². The molecule has 3 nitrogen and oxygen atoms in total. The Bertz CT molecular complexity index is 561. The second-order valence-electron chi connectivity index (χ2n) is 5.67. The predicted molar refractivity (Wildman–Crippen MR) is 81.1 cm³/mol. The molecule has 6 heteroatoms. The lowest BCUT2D eigenvalue weighted by Gasteiger charge is -2.32. The fourth-order valence-electron chi connectivity index (χ4n) is 1.87. The van der Waals surface area contributed by atoms with E-state index in [0.717, 1.165) is 15.3 Å². The maximum Gasteiger partial charge on any atom is 0.507 e. The summed E-state index contributed by atoms with van der Waals surface area (Å²) in [7, 11) is -0.310. The first-order valence-electron chi connectivity index (χ1n) is 6.23. The van der Waals surface area contributed by atoms with Gasteiger partial charge in [0.15, 0.2) is 0 Å². The van der Waals surface area contributed by atoms with Crippen LogP contribution in [0.15, 0.2) is 23.0 Å². The molecule has 100 valence electrons. The van der Waals surface area contributed by atoms with Crippen molar-refractivity contribution >= 4 is 34.6 Å². The van der Waals surface area contributed by atoms with Crippen molar-refractivity contribution in [2.24, 2.45) is 0 Å². The van der Waals surface area contributed by atoms with Gasteiger partial charge in [-0.2, -0.15) is 11.3 Å². The van der Waals surface area contributed by atoms with E-state index in [4.69, 9.17) is 9.31 Å². The molecule has 3 rings (SSSR count). The molecule has 0 spiro atoms. The van der Waals surface area contributed by atoms with Crippen LogP contribution in [-0.4, -0.2) is 23.3 Å². The standard InChI is InChI=1S/C13H16BNO2S2/c1-12(2)13(3,4)17-14(16-12)10-7-15-11(19-10)9-5-6-18-8-9/h5-8H,1-4H3. The molecular formula is C13H16BNO2S2. The molecule has 19 heavy (non-hydrogen) atoms. The highest BCUT2D eigenvalue weighted by atomic mass is 32.1. The van der Waals surface area contributed by atoms with Crippen LogP contribution in [0.25, 0.3) is 10.6 Å². The number of rotatable bonds is 2. The SMILES string of the molecule is CC1(C)OB(c2cnc(-c3ccsc3)s2)OC1(C)C. The number of thiophene rings is 1. The molecule has 3 heterocycles. The molecule has 0 atom stereocenters. The zero-order chi connectivity index (χ0) is 13.7. The Morgan fingerprint density at radius 3 is 2.42 bits per heavy atom. The van der Waals surface area contributed by atoms with Gasteiger partial charge >= 0.3 is 7.12 Å². The van der Waals surface area contributed by atoms with Crippen LogP contribution in [0.5, 0.6) is 0 Å². The van der Waals surface area contributed by atoms with E-state index in [0.29, 0.717) is 0 Å². The highest BCUT2D eigenvalue weighted by Crippen LogP contribution is 2.37. The zero-order valence-electron chi connectivity index (χ0n) is 11.5. The molecule has 0 bridgehead atoms. The normalized spacial score (nSPS) is 20.9. The molecule has 1 aliphatic heterocycles. The van der Waals surface area contributed by atoms with E-state index in [2.05, 4.69) is 49.5 Å². The summed E-state index contributed by atoms with van der Waals surface area (Å²) in [6, 6.07) is 2.08. The van der Waals surface area contributed by atoms with Crippen LogP contribution in [0.3, 0.4) is 0 Å². The molecule has 0 N–H and O–H groups in total. The molecule has 0 unspecified atom stereocenters. The van der Waals surface area contributed by atoms with Crippen LogP contribution in [-0.2, 0) is 9.31 Å². The highest BCUT2D eigenvalue weighted by Gasteiger charge is 2.52. The zero-order valence-corrected chi connectivity index (χ0v) is 13.1. The second-order valence-corrected chi connectivity index (χ2v) is 7.51. The Kier molecular flexibility index (Phi) is 3.09. The van der Waals surface area contributed by atoms with Crippen molar-refractivity contribution in [1.82, 2.24) is 4.98 Å². The van der Waals surface area contributed by atoms with Gasteiger partial charge in [0.2, 0.25) is 0 Å². The van der Waals surface area contributed by atoms with E-state index in [1.54, 1.807) is 22.7 Å². The molecule has 0 saturated carbocycles. The molecule has 2 aromatic heterocycles. The van der Waals surface area contributed by atoms with Crippen LogP contribution in [0.1, 0.15) is 27.7 Å². The largest absolute Gasteiger partial charge is 0.507 e. The summed E-state index contributed by atoms with van der Waals surface area (Å²) in [6.07, 6.45) is 1.86. The van der Waals surface area contributed by atoms with Gasteiger partial charge in [-0.05, 0) is 39.1 Å². The average Bonchev–Trinajstić information content (AvgIpc) is 3.00. The third-order valence-corrected chi connectivity index (χ3v) is 5.53. The first kappa shape index (κ1) is 13.3. The summed E-state index contributed by atoms with van der Waals surface area (Å²) in [5, 5.41) is 5.18. The molecule has 2 aromatic rings. The summed E-state index contributed by atoms with van der Waals surface area (Å²) in [6.45, 7) is 8.25. The van der Waals surface area contributed by atoms with Crippen LogP contribution < -0.4 is 4.78 Å². The first-order valence-corrected chi connectivity index (χ1v) is 7.99. The predicted octanol–water partition coefficient (Wildman–Crippen LogP) is 3.17. The Morgan fingerprint density at radius 2 is 1.84 bits per heavy atom. The smallest absolute Gasteiger partial charge is 0.399 e. The fourth-order valence-corrected chi connectivity index (χ4v) is 3.46. The van der Waals surface area contributed by atoms with Gasteiger partial charge in [-0.15, -0.1) is 11.3 Å². The Hall–Kier alpha value is -0.685. The summed E-state index contributed by atoms with van der Waals surface area (Å²) in [4.78, 5) is 4.46. The van der Waals surface area contributed by atoms with E-state index in [9.17, 15) is 0 Å². The average molecular weight is 293 g/mol. The number of hydrogen-bond donors (Lipinski definition) is 0. The van der Waals surface area contributed by atoms with Gasteiger partial charge in [-0.3, -0.25) is 0 Å². The Labute approximate surface area is 121 Å². The highest BCUT2D eigenvalue weighted by molar-refractivity contribution is 7.24. The molecule has 1 fully saturated rings. The van der Waals surface area contributed by atoms with Gasteiger partial charge in [0.05, 0.1) is 16.0 Å². The number of aromatic nitrogens is 1. The van der Waals surface area contributed by atoms with Crippen molar-refractivity contribution in [3.05, 3.63) is 23.0 Å². The summed E-state index contributed by atoms with van der Waals surface area (Å²) < 4.78 is 13.1. The molecular weight excluding hydrogens is 277 g/mol. The second kappa shape index (κ2) is 4.41. The van der Waals surface area contributed by atoms with Gasteiger partial charge in [0, 0.05) is 17.1 Å². The van der Waals surface area contributed by atoms with Crippen molar-refractivity contribution in [3.63, 3.8) is 0 Å². The molecule has 1 saturated heterocycles.